The average Bonchev–Trinajstić information content (AvgIpc) is 2.50. The van der Waals surface area contributed by atoms with Gasteiger partial charge >= 0.3 is 0 Å². The molecule has 0 aliphatic carbocycles. The van der Waals surface area contributed by atoms with Crippen LogP contribution in [-0.4, -0.2) is 26.8 Å². The number of ether oxygens (including phenoxy) is 1. The Hall–Kier alpha value is -2.06. The Morgan fingerprint density at radius 3 is 2.65 bits per heavy atom. The lowest BCUT2D eigenvalue weighted by molar-refractivity contribution is 0.402. The van der Waals surface area contributed by atoms with Gasteiger partial charge in [0.05, 0.1) is 17.8 Å². The van der Waals surface area contributed by atoms with Crippen molar-refractivity contribution in [3.8, 4) is 11.5 Å². The number of hydrazone groups is 1. The molecule has 6 nitrogen and oxygen atoms in total. The quantitative estimate of drug-likeness (QED) is 0.598. The van der Waals surface area contributed by atoms with Crippen molar-refractivity contribution >= 4 is 32.2 Å². The molecule has 2 rings (SSSR count). The largest absolute Gasteiger partial charge is 0.507 e. The number of methoxy groups -OCH3 is 1. The van der Waals surface area contributed by atoms with E-state index in [2.05, 4.69) is 25.9 Å². The van der Waals surface area contributed by atoms with Crippen molar-refractivity contribution in [1.29, 1.82) is 0 Å². The lowest BCUT2D eigenvalue weighted by atomic mass is 10.2. The molecule has 0 aliphatic heterocycles. The zero-order chi connectivity index (χ0) is 17.0. The van der Waals surface area contributed by atoms with E-state index < -0.39 is 10.0 Å². The van der Waals surface area contributed by atoms with Crippen LogP contribution < -0.4 is 9.57 Å². The zero-order valence-corrected chi connectivity index (χ0v) is 14.8. The van der Waals surface area contributed by atoms with Crippen molar-refractivity contribution in [2.24, 2.45) is 5.10 Å². The van der Waals surface area contributed by atoms with Crippen molar-refractivity contribution in [1.82, 2.24) is 4.83 Å². The Bertz CT molecular complexity index is 851. The number of phenolic OH excluding ortho intramolecular Hbond substituents is 1. The number of benzene rings is 2. The molecule has 2 N–H and O–H groups in total. The summed E-state index contributed by atoms with van der Waals surface area (Å²) in [6.45, 7) is 1.79. The molecule has 0 saturated heterocycles. The fraction of sp³-hybridized carbons (Fsp3) is 0.133. The summed E-state index contributed by atoms with van der Waals surface area (Å²) in [5.41, 5.74) is 1.41. The van der Waals surface area contributed by atoms with Crippen LogP contribution >= 0.6 is 15.9 Å². The second-order valence-corrected chi connectivity index (χ2v) is 7.20. The smallest absolute Gasteiger partial charge is 0.280 e. The molecule has 0 atom stereocenters. The van der Waals surface area contributed by atoms with E-state index in [0.29, 0.717) is 10.0 Å². The summed E-state index contributed by atoms with van der Waals surface area (Å²) in [7, 11) is -2.44. The molecule has 0 aromatic heterocycles. The summed E-state index contributed by atoms with van der Waals surface area (Å²) in [6.07, 6.45) is 1.34. The predicted octanol–water partition coefficient (Wildman–Crippen LogP) is 2.78. The van der Waals surface area contributed by atoms with Gasteiger partial charge in [0.1, 0.15) is 16.4 Å². The van der Waals surface area contributed by atoms with Crippen LogP contribution in [0.15, 0.2) is 50.9 Å². The molecule has 0 aliphatic rings. The summed E-state index contributed by atoms with van der Waals surface area (Å²) < 4.78 is 30.2. The summed E-state index contributed by atoms with van der Waals surface area (Å²) >= 11 is 3.17. The Morgan fingerprint density at radius 1 is 1.26 bits per heavy atom. The first-order valence-corrected chi connectivity index (χ1v) is 8.79. The molecule has 23 heavy (non-hydrogen) atoms. The van der Waals surface area contributed by atoms with Gasteiger partial charge in [0, 0.05) is 0 Å². The number of nitrogens with zero attached hydrogens (tertiary/aromatic N) is 1. The highest BCUT2D eigenvalue weighted by atomic mass is 79.9. The highest BCUT2D eigenvalue weighted by molar-refractivity contribution is 9.10. The van der Waals surface area contributed by atoms with E-state index in [1.54, 1.807) is 31.2 Å². The first-order valence-electron chi connectivity index (χ1n) is 6.51. The molecule has 0 amide bonds. The van der Waals surface area contributed by atoms with E-state index in [0.717, 1.165) is 5.56 Å². The minimum atomic E-state index is -3.85. The molecule has 122 valence electrons. The third-order valence-electron chi connectivity index (χ3n) is 2.97. The lowest BCUT2D eigenvalue weighted by Gasteiger charge is -2.09. The molecule has 8 heteroatoms. The highest BCUT2D eigenvalue weighted by Crippen LogP contribution is 2.25. The van der Waals surface area contributed by atoms with Gasteiger partial charge in [-0.15, -0.1) is 0 Å². The van der Waals surface area contributed by atoms with Gasteiger partial charge in [0.15, 0.2) is 0 Å². The number of aromatic hydroxyl groups is 1. The monoisotopic (exact) mass is 398 g/mol. The summed E-state index contributed by atoms with van der Waals surface area (Å²) in [6, 6.07) is 9.54. The first-order chi connectivity index (χ1) is 10.8. The molecule has 0 heterocycles. The van der Waals surface area contributed by atoms with Crippen molar-refractivity contribution < 1.29 is 18.3 Å². The number of hydrogen-bond donors (Lipinski definition) is 2. The number of halogens is 1. The molecule has 0 saturated carbocycles. The molecule has 0 radical (unpaired) electrons. The van der Waals surface area contributed by atoms with E-state index >= 15 is 0 Å². The van der Waals surface area contributed by atoms with Crippen LogP contribution in [0.1, 0.15) is 11.1 Å². The Morgan fingerprint density at radius 2 is 2.00 bits per heavy atom. The van der Waals surface area contributed by atoms with Crippen LogP contribution in [0.5, 0.6) is 11.5 Å². The van der Waals surface area contributed by atoms with E-state index in [1.807, 2.05) is 0 Å². The van der Waals surface area contributed by atoms with E-state index in [-0.39, 0.29) is 16.4 Å². The van der Waals surface area contributed by atoms with Crippen LogP contribution in [0.25, 0.3) is 0 Å². The summed E-state index contributed by atoms with van der Waals surface area (Å²) in [5, 5.41) is 13.2. The number of nitrogens with one attached hydrogen (secondary N) is 1. The van der Waals surface area contributed by atoms with Crippen LogP contribution in [0.2, 0.25) is 0 Å². The standard InChI is InChI=1S/C15H15BrN2O4S/c1-10-3-6-14(22-2)15(7-10)23(20,21)18-17-9-11-4-5-13(19)12(16)8-11/h3-9,18-19H,1-2H3/b17-9+. The third kappa shape index (κ3) is 4.23. The molecule has 0 unspecified atom stereocenters. The Balaban J connectivity index is 2.23. The second-order valence-electron chi connectivity index (χ2n) is 4.72. The number of sulfonamides is 1. The molecule has 2 aromatic rings. The van der Waals surface area contributed by atoms with Gasteiger partial charge in [-0.2, -0.15) is 18.4 Å². The maximum absolute atomic E-state index is 12.3. The maximum Gasteiger partial charge on any atom is 0.280 e. The van der Waals surface area contributed by atoms with Crippen LogP contribution in [0.4, 0.5) is 0 Å². The number of hydrogen-bond acceptors (Lipinski definition) is 5. The third-order valence-corrected chi connectivity index (χ3v) is 4.85. The van der Waals surface area contributed by atoms with Gasteiger partial charge in [0.2, 0.25) is 0 Å². The Labute approximate surface area is 143 Å². The molecule has 0 bridgehead atoms. The van der Waals surface area contributed by atoms with Crippen LogP contribution in [0.3, 0.4) is 0 Å². The SMILES string of the molecule is COc1ccc(C)cc1S(=O)(=O)N/N=C/c1ccc(O)c(Br)c1. The van der Waals surface area contributed by atoms with E-state index in [9.17, 15) is 13.5 Å². The van der Waals surface area contributed by atoms with Gasteiger partial charge in [-0.05, 0) is 64.3 Å². The highest BCUT2D eigenvalue weighted by Gasteiger charge is 2.18. The maximum atomic E-state index is 12.3. The molecule has 0 spiro atoms. The number of aryl methyl sites for hydroxylation is 1. The van der Waals surface area contributed by atoms with Crippen LogP contribution in [-0.2, 0) is 10.0 Å². The van der Waals surface area contributed by atoms with E-state index in [1.165, 1.54) is 25.5 Å². The molecular weight excluding hydrogens is 384 g/mol. The number of phenols is 1. The van der Waals surface area contributed by atoms with Gasteiger partial charge in [-0.25, -0.2) is 0 Å². The second kappa shape index (κ2) is 7.01. The first kappa shape index (κ1) is 17.3. The van der Waals surface area contributed by atoms with Crippen molar-refractivity contribution in [2.75, 3.05) is 7.11 Å². The zero-order valence-electron chi connectivity index (χ0n) is 12.4. The van der Waals surface area contributed by atoms with Gasteiger partial charge in [-0.3, -0.25) is 0 Å². The minimum Gasteiger partial charge on any atom is -0.507 e. The van der Waals surface area contributed by atoms with Gasteiger partial charge < -0.3 is 9.84 Å². The van der Waals surface area contributed by atoms with E-state index in [4.69, 9.17) is 4.74 Å². The molecule has 0 fully saturated rings. The van der Waals surface area contributed by atoms with Crippen LogP contribution in [0, 0.1) is 6.92 Å². The summed E-state index contributed by atoms with van der Waals surface area (Å²) in [4.78, 5) is 2.16. The normalized spacial score (nSPS) is 11.6. The van der Waals surface area contributed by atoms with Crippen molar-refractivity contribution in [3.05, 3.63) is 52.0 Å². The fourth-order valence-electron chi connectivity index (χ4n) is 1.82. The lowest BCUT2D eigenvalue weighted by Crippen LogP contribution is -2.19. The van der Waals surface area contributed by atoms with Gasteiger partial charge in [-0.1, -0.05) is 6.07 Å². The Kier molecular flexibility index (Phi) is 5.27. The predicted molar refractivity (Wildman–Crippen MR) is 91.5 cm³/mol. The summed E-state index contributed by atoms with van der Waals surface area (Å²) in [5.74, 6) is 0.331. The molecule has 2 aromatic carbocycles. The topological polar surface area (TPSA) is 88.0 Å². The number of rotatable bonds is 5. The van der Waals surface area contributed by atoms with Crippen molar-refractivity contribution in [2.45, 2.75) is 11.8 Å². The van der Waals surface area contributed by atoms with Crippen molar-refractivity contribution in [3.63, 3.8) is 0 Å². The van der Waals surface area contributed by atoms with Gasteiger partial charge in [0.25, 0.3) is 10.0 Å². The average molecular weight is 399 g/mol. The minimum absolute atomic E-state index is 0.0176. The molecular formula is C15H15BrN2O4S. The fourth-order valence-corrected chi connectivity index (χ4v) is 3.26.